The van der Waals surface area contributed by atoms with E-state index >= 15 is 0 Å². The van der Waals surface area contributed by atoms with E-state index in [1.807, 2.05) is 0 Å². The van der Waals surface area contributed by atoms with E-state index in [9.17, 15) is 0 Å². The highest BCUT2D eigenvalue weighted by Gasteiger charge is 2.13. The lowest BCUT2D eigenvalue weighted by Crippen LogP contribution is -2.12. The summed E-state index contributed by atoms with van der Waals surface area (Å²) in [5.41, 5.74) is 7.11. The van der Waals surface area contributed by atoms with E-state index < -0.39 is 0 Å². The molecule has 84 valence electrons. The van der Waals surface area contributed by atoms with Crippen LogP contribution in [0.4, 0.5) is 0 Å². The van der Waals surface area contributed by atoms with Crippen molar-refractivity contribution < 1.29 is 5.11 Å². The van der Waals surface area contributed by atoms with Crippen molar-refractivity contribution in [2.75, 3.05) is 6.61 Å². The SMILES string of the molecule is N[C@H](CCCCO)c1c(Br)cncc1Br. The van der Waals surface area contributed by atoms with Gasteiger partial charge in [-0.05, 0) is 51.1 Å². The number of aliphatic hydroxyl groups is 1. The van der Waals surface area contributed by atoms with Crippen LogP contribution < -0.4 is 5.73 Å². The number of nitrogens with two attached hydrogens (primary N) is 1. The molecule has 1 rings (SSSR count). The number of nitrogens with zero attached hydrogens (tertiary/aromatic N) is 1. The number of aromatic nitrogens is 1. The summed E-state index contributed by atoms with van der Waals surface area (Å²) in [6.45, 7) is 0.228. The monoisotopic (exact) mass is 336 g/mol. The molecule has 1 aromatic rings. The fourth-order valence-electron chi connectivity index (χ4n) is 1.40. The Hall–Kier alpha value is 0.0300. The van der Waals surface area contributed by atoms with E-state index in [-0.39, 0.29) is 12.6 Å². The van der Waals surface area contributed by atoms with Crippen LogP contribution in [0.2, 0.25) is 0 Å². The van der Waals surface area contributed by atoms with Gasteiger partial charge in [-0.15, -0.1) is 0 Å². The van der Waals surface area contributed by atoms with Crippen LogP contribution >= 0.6 is 31.9 Å². The zero-order valence-electron chi connectivity index (χ0n) is 8.29. The van der Waals surface area contributed by atoms with Gasteiger partial charge in [0.2, 0.25) is 0 Å². The zero-order valence-corrected chi connectivity index (χ0v) is 11.5. The van der Waals surface area contributed by atoms with Crippen LogP contribution in [-0.4, -0.2) is 16.7 Å². The first kappa shape index (κ1) is 13.1. The number of hydrogen-bond donors (Lipinski definition) is 2. The van der Waals surface area contributed by atoms with E-state index in [1.165, 1.54) is 0 Å². The molecule has 0 bridgehead atoms. The Labute approximate surface area is 106 Å². The molecular formula is C10H14Br2N2O. The number of hydrogen-bond acceptors (Lipinski definition) is 3. The van der Waals surface area contributed by atoms with Gasteiger partial charge >= 0.3 is 0 Å². The van der Waals surface area contributed by atoms with Crippen molar-refractivity contribution in [2.45, 2.75) is 25.3 Å². The van der Waals surface area contributed by atoms with E-state index in [0.29, 0.717) is 0 Å². The Morgan fingerprint density at radius 2 is 1.87 bits per heavy atom. The van der Waals surface area contributed by atoms with Gasteiger partial charge in [0.25, 0.3) is 0 Å². The minimum absolute atomic E-state index is 0.0247. The van der Waals surface area contributed by atoms with Gasteiger partial charge in [0.1, 0.15) is 0 Å². The van der Waals surface area contributed by atoms with Crippen LogP contribution in [0.25, 0.3) is 0 Å². The van der Waals surface area contributed by atoms with Gasteiger partial charge in [-0.2, -0.15) is 0 Å². The number of aliphatic hydroxyl groups excluding tert-OH is 1. The summed E-state index contributed by atoms with van der Waals surface area (Å²) in [5.74, 6) is 0. The Balaban J connectivity index is 2.68. The molecule has 1 heterocycles. The maximum absolute atomic E-state index is 8.69. The summed E-state index contributed by atoms with van der Waals surface area (Å²) in [5, 5.41) is 8.69. The molecule has 0 radical (unpaired) electrons. The van der Waals surface area contributed by atoms with Gasteiger partial charge in [-0.25, -0.2) is 0 Å². The molecular weight excluding hydrogens is 324 g/mol. The largest absolute Gasteiger partial charge is 0.396 e. The van der Waals surface area contributed by atoms with E-state index in [4.69, 9.17) is 10.8 Å². The fourth-order valence-corrected chi connectivity index (χ4v) is 2.91. The molecule has 1 aromatic heterocycles. The average molecular weight is 338 g/mol. The lowest BCUT2D eigenvalue weighted by molar-refractivity contribution is 0.281. The molecule has 0 spiro atoms. The van der Waals surface area contributed by atoms with E-state index in [2.05, 4.69) is 36.8 Å². The molecule has 0 aliphatic heterocycles. The first-order chi connectivity index (χ1) is 7.16. The molecule has 0 saturated heterocycles. The van der Waals surface area contributed by atoms with Crippen LogP contribution in [0.5, 0.6) is 0 Å². The third kappa shape index (κ3) is 3.83. The minimum Gasteiger partial charge on any atom is -0.396 e. The number of halogens is 2. The van der Waals surface area contributed by atoms with Crippen LogP contribution in [0, 0.1) is 0 Å². The van der Waals surface area contributed by atoms with Crippen molar-refractivity contribution in [1.29, 1.82) is 0 Å². The molecule has 3 nitrogen and oxygen atoms in total. The number of unbranched alkanes of at least 4 members (excludes halogenated alkanes) is 1. The highest BCUT2D eigenvalue weighted by Crippen LogP contribution is 2.30. The molecule has 0 fully saturated rings. The Morgan fingerprint density at radius 1 is 1.27 bits per heavy atom. The number of rotatable bonds is 5. The molecule has 1 atom stereocenters. The molecule has 0 unspecified atom stereocenters. The van der Waals surface area contributed by atoms with Crippen molar-refractivity contribution in [3.63, 3.8) is 0 Å². The summed E-state index contributed by atoms with van der Waals surface area (Å²) in [7, 11) is 0. The van der Waals surface area contributed by atoms with Crippen molar-refractivity contribution >= 4 is 31.9 Å². The van der Waals surface area contributed by atoms with Crippen LogP contribution in [0.3, 0.4) is 0 Å². The quantitative estimate of drug-likeness (QED) is 0.812. The predicted octanol–water partition coefficient (Wildman–Crippen LogP) is 2.77. The Bertz CT molecular complexity index is 300. The van der Waals surface area contributed by atoms with Gasteiger partial charge in [0, 0.05) is 39.6 Å². The standard InChI is InChI=1S/C10H14Br2N2O/c11-7-5-14-6-8(12)10(7)9(13)3-1-2-4-15/h5-6,9,15H,1-4,13H2/t9-/m1/s1. The summed E-state index contributed by atoms with van der Waals surface area (Å²) in [4.78, 5) is 4.03. The third-order valence-electron chi connectivity index (χ3n) is 2.18. The van der Waals surface area contributed by atoms with Crippen molar-refractivity contribution in [1.82, 2.24) is 4.98 Å². The minimum atomic E-state index is -0.0247. The normalized spacial score (nSPS) is 12.8. The summed E-state index contributed by atoms with van der Waals surface area (Å²) in [6, 6.07) is -0.0247. The average Bonchev–Trinajstić information content (AvgIpc) is 2.18. The first-order valence-electron chi connectivity index (χ1n) is 4.82. The summed E-state index contributed by atoms with van der Waals surface area (Å²) in [6.07, 6.45) is 6.08. The van der Waals surface area contributed by atoms with Gasteiger partial charge in [-0.3, -0.25) is 4.98 Å². The highest BCUT2D eigenvalue weighted by molar-refractivity contribution is 9.11. The molecule has 15 heavy (non-hydrogen) atoms. The van der Waals surface area contributed by atoms with E-state index in [1.54, 1.807) is 12.4 Å². The second kappa shape index (κ2) is 6.58. The number of pyridine rings is 1. The maximum atomic E-state index is 8.69. The zero-order chi connectivity index (χ0) is 11.3. The molecule has 0 aromatic carbocycles. The van der Waals surface area contributed by atoms with Gasteiger partial charge in [0.05, 0.1) is 0 Å². The third-order valence-corrected chi connectivity index (χ3v) is 3.45. The van der Waals surface area contributed by atoms with E-state index in [0.717, 1.165) is 33.8 Å². The molecule has 0 aliphatic carbocycles. The van der Waals surface area contributed by atoms with Crippen LogP contribution in [0.1, 0.15) is 30.9 Å². The molecule has 0 aliphatic rings. The van der Waals surface area contributed by atoms with Crippen molar-refractivity contribution in [3.05, 3.63) is 26.9 Å². The second-order valence-corrected chi connectivity index (χ2v) is 5.05. The van der Waals surface area contributed by atoms with Gasteiger partial charge in [-0.1, -0.05) is 0 Å². The summed E-state index contributed by atoms with van der Waals surface area (Å²) >= 11 is 6.87. The first-order valence-corrected chi connectivity index (χ1v) is 6.40. The van der Waals surface area contributed by atoms with Gasteiger partial charge in [0.15, 0.2) is 0 Å². The Morgan fingerprint density at radius 3 is 2.40 bits per heavy atom. The molecule has 0 saturated carbocycles. The smallest absolute Gasteiger partial charge is 0.0431 e. The van der Waals surface area contributed by atoms with Crippen LogP contribution in [-0.2, 0) is 0 Å². The van der Waals surface area contributed by atoms with Gasteiger partial charge < -0.3 is 10.8 Å². The lowest BCUT2D eigenvalue weighted by Gasteiger charge is -2.14. The van der Waals surface area contributed by atoms with Crippen LogP contribution in [0.15, 0.2) is 21.3 Å². The fraction of sp³-hybridized carbons (Fsp3) is 0.500. The second-order valence-electron chi connectivity index (χ2n) is 3.34. The molecule has 3 N–H and O–H groups in total. The molecule has 5 heteroatoms. The maximum Gasteiger partial charge on any atom is 0.0431 e. The van der Waals surface area contributed by atoms with Crippen molar-refractivity contribution in [3.8, 4) is 0 Å². The highest BCUT2D eigenvalue weighted by atomic mass is 79.9. The van der Waals surface area contributed by atoms with Crippen molar-refractivity contribution in [2.24, 2.45) is 5.73 Å². The molecule has 0 amide bonds. The lowest BCUT2D eigenvalue weighted by atomic mass is 10.0. The summed E-state index contributed by atoms with van der Waals surface area (Å²) < 4.78 is 1.85. The predicted molar refractivity (Wildman–Crippen MR) is 67.5 cm³/mol. The Kier molecular flexibility index (Phi) is 5.74. The topological polar surface area (TPSA) is 59.1 Å².